The topological polar surface area (TPSA) is 34.1 Å². The predicted molar refractivity (Wildman–Crippen MR) is 110 cm³/mol. The molecule has 0 saturated heterocycles. The van der Waals surface area contributed by atoms with Gasteiger partial charge in [0, 0.05) is 5.56 Å². The van der Waals surface area contributed by atoms with E-state index in [1.807, 2.05) is 66.7 Å². The summed E-state index contributed by atoms with van der Waals surface area (Å²) in [7, 11) is -3.32. The molecule has 0 bridgehead atoms. The molecule has 0 aromatic heterocycles. The first-order chi connectivity index (χ1) is 13.1. The van der Waals surface area contributed by atoms with Crippen molar-refractivity contribution < 1.29 is 8.42 Å². The van der Waals surface area contributed by atoms with Crippen LogP contribution in [0.25, 0.3) is 33.0 Å². The molecular formula is C24H18O2S. The molecule has 0 aliphatic carbocycles. The van der Waals surface area contributed by atoms with Gasteiger partial charge in [0.25, 0.3) is 0 Å². The smallest absolute Gasteiger partial charge is 0.186 e. The minimum Gasteiger partial charge on any atom is -0.223 e. The van der Waals surface area contributed by atoms with E-state index >= 15 is 0 Å². The van der Waals surface area contributed by atoms with E-state index in [1.165, 1.54) is 0 Å². The van der Waals surface area contributed by atoms with Crippen LogP contribution in [0.2, 0.25) is 0 Å². The SMILES string of the molecule is CC1c2c(c(-c3ccccc3)c3ccccc3c2-c2ccccc2)S1(=O)=O. The molecular weight excluding hydrogens is 352 g/mol. The Morgan fingerprint density at radius 3 is 1.63 bits per heavy atom. The third-order valence-corrected chi connectivity index (χ3v) is 7.65. The van der Waals surface area contributed by atoms with Crippen LogP contribution in [0.4, 0.5) is 0 Å². The maximum Gasteiger partial charge on any atom is 0.186 e. The summed E-state index contributed by atoms with van der Waals surface area (Å²) in [6.45, 7) is 1.80. The second kappa shape index (κ2) is 5.80. The van der Waals surface area contributed by atoms with Crippen LogP contribution in [0.1, 0.15) is 17.7 Å². The molecule has 132 valence electrons. The monoisotopic (exact) mass is 370 g/mol. The fraction of sp³-hybridized carbons (Fsp3) is 0.0833. The van der Waals surface area contributed by atoms with Crippen molar-refractivity contribution >= 4 is 20.6 Å². The quantitative estimate of drug-likeness (QED) is 0.432. The first-order valence-electron chi connectivity index (χ1n) is 9.04. The van der Waals surface area contributed by atoms with E-state index in [-0.39, 0.29) is 0 Å². The number of fused-ring (bicyclic) bond motifs is 2. The van der Waals surface area contributed by atoms with E-state index in [9.17, 15) is 8.42 Å². The zero-order valence-electron chi connectivity index (χ0n) is 14.9. The van der Waals surface area contributed by atoms with Crippen LogP contribution in [0.3, 0.4) is 0 Å². The van der Waals surface area contributed by atoms with Gasteiger partial charge in [-0.1, -0.05) is 84.9 Å². The van der Waals surface area contributed by atoms with Crippen molar-refractivity contribution in [3.8, 4) is 22.3 Å². The minimum absolute atomic E-state index is 0.491. The molecule has 1 atom stereocenters. The highest BCUT2D eigenvalue weighted by Crippen LogP contribution is 2.55. The number of rotatable bonds is 2. The number of hydrogen-bond acceptors (Lipinski definition) is 2. The first kappa shape index (κ1) is 16.3. The fourth-order valence-corrected chi connectivity index (χ4v) is 6.01. The second-order valence-electron chi connectivity index (χ2n) is 6.96. The minimum atomic E-state index is -3.32. The van der Waals surface area contributed by atoms with Gasteiger partial charge in [-0.2, -0.15) is 0 Å². The van der Waals surface area contributed by atoms with Crippen molar-refractivity contribution in [2.24, 2.45) is 0 Å². The van der Waals surface area contributed by atoms with Gasteiger partial charge >= 0.3 is 0 Å². The predicted octanol–water partition coefficient (Wildman–Crippen LogP) is 6.02. The van der Waals surface area contributed by atoms with Gasteiger partial charge in [0.05, 0.1) is 10.1 Å². The van der Waals surface area contributed by atoms with Gasteiger partial charge in [0.15, 0.2) is 9.84 Å². The molecule has 5 rings (SSSR count). The van der Waals surface area contributed by atoms with Crippen LogP contribution in [0.5, 0.6) is 0 Å². The molecule has 0 saturated carbocycles. The molecule has 0 spiro atoms. The highest BCUT2D eigenvalue weighted by Gasteiger charge is 2.45. The van der Waals surface area contributed by atoms with Gasteiger partial charge in [0.2, 0.25) is 0 Å². The molecule has 1 aliphatic rings. The summed E-state index contributed by atoms with van der Waals surface area (Å²) < 4.78 is 26.1. The number of sulfone groups is 1. The maximum atomic E-state index is 13.1. The zero-order valence-corrected chi connectivity index (χ0v) is 15.7. The summed E-state index contributed by atoms with van der Waals surface area (Å²) in [6.07, 6.45) is 0. The summed E-state index contributed by atoms with van der Waals surface area (Å²) >= 11 is 0. The molecule has 2 nitrogen and oxygen atoms in total. The summed E-state index contributed by atoms with van der Waals surface area (Å²) in [5.74, 6) is 0. The molecule has 0 fully saturated rings. The van der Waals surface area contributed by atoms with Crippen LogP contribution in [-0.4, -0.2) is 8.42 Å². The standard InChI is InChI=1S/C24H18O2S/c1-16-21-22(17-10-4-2-5-11-17)19-14-8-9-15-20(19)23(24(21)27(16,25)26)18-12-6-3-7-13-18/h2-16H,1H3. The van der Waals surface area contributed by atoms with Crippen molar-refractivity contribution in [1.82, 2.24) is 0 Å². The van der Waals surface area contributed by atoms with Crippen LogP contribution >= 0.6 is 0 Å². The van der Waals surface area contributed by atoms with Crippen LogP contribution in [-0.2, 0) is 9.84 Å². The molecule has 1 aliphatic heterocycles. The Morgan fingerprint density at radius 2 is 1.07 bits per heavy atom. The molecule has 0 N–H and O–H groups in total. The van der Waals surface area contributed by atoms with Crippen LogP contribution in [0, 0.1) is 0 Å². The van der Waals surface area contributed by atoms with Crippen LogP contribution in [0.15, 0.2) is 89.8 Å². The van der Waals surface area contributed by atoms with Gasteiger partial charge in [-0.3, -0.25) is 0 Å². The molecule has 0 amide bonds. The Kier molecular flexibility index (Phi) is 3.49. The average Bonchev–Trinajstić information content (AvgIpc) is 2.73. The molecule has 1 heterocycles. The molecule has 0 radical (unpaired) electrons. The van der Waals surface area contributed by atoms with Crippen molar-refractivity contribution in [2.45, 2.75) is 17.1 Å². The fourth-order valence-electron chi connectivity index (χ4n) is 4.20. The van der Waals surface area contributed by atoms with Crippen LogP contribution < -0.4 is 0 Å². The van der Waals surface area contributed by atoms with E-state index in [1.54, 1.807) is 6.92 Å². The maximum absolute atomic E-state index is 13.1. The van der Waals surface area contributed by atoms with Crippen molar-refractivity contribution in [1.29, 1.82) is 0 Å². The van der Waals surface area contributed by atoms with Gasteiger partial charge in [-0.25, -0.2) is 8.42 Å². The van der Waals surface area contributed by atoms with E-state index in [0.717, 1.165) is 38.6 Å². The highest BCUT2D eigenvalue weighted by atomic mass is 32.2. The highest BCUT2D eigenvalue weighted by molar-refractivity contribution is 7.93. The molecule has 4 aromatic carbocycles. The summed E-state index contributed by atoms with van der Waals surface area (Å²) in [6, 6.07) is 28.1. The summed E-state index contributed by atoms with van der Waals surface area (Å²) in [4.78, 5) is 0.499. The van der Waals surface area contributed by atoms with Gasteiger partial charge in [-0.05, 0) is 39.9 Å². The summed E-state index contributed by atoms with van der Waals surface area (Å²) in [5, 5.41) is 1.59. The summed E-state index contributed by atoms with van der Waals surface area (Å²) in [5.41, 5.74) is 4.83. The molecule has 1 unspecified atom stereocenters. The third kappa shape index (κ3) is 2.22. The lowest BCUT2D eigenvalue weighted by Crippen LogP contribution is -2.26. The molecule has 27 heavy (non-hydrogen) atoms. The Morgan fingerprint density at radius 1 is 0.630 bits per heavy atom. The van der Waals surface area contributed by atoms with Gasteiger partial charge in [0.1, 0.15) is 0 Å². The Hall–Kier alpha value is -2.91. The molecule has 4 aromatic rings. The average molecular weight is 370 g/mol. The lowest BCUT2D eigenvalue weighted by molar-refractivity contribution is 0.572. The van der Waals surface area contributed by atoms with Crippen molar-refractivity contribution in [2.75, 3.05) is 0 Å². The Balaban J connectivity index is 2.01. The Labute approximate surface area is 159 Å². The normalized spacial score (nSPS) is 17.3. The largest absolute Gasteiger partial charge is 0.223 e. The van der Waals surface area contributed by atoms with Gasteiger partial charge in [-0.15, -0.1) is 0 Å². The van der Waals surface area contributed by atoms with Crippen molar-refractivity contribution in [3.05, 3.63) is 90.5 Å². The van der Waals surface area contributed by atoms with E-state index in [4.69, 9.17) is 0 Å². The molecule has 3 heteroatoms. The number of hydrogen-bond donors (Lipinski definition) is 0. The Bertz CT molecular complexity index is 1270. The van der Waals surface area contributed by atoms with E-state index in [0.29, 0.717) is 4.90 Å². The van der Waals surface area contributed by atoms with E-state index < -0.39 is 15.1 Å². The zero-order chi connectivity index (χ0) is 18.6. The lowest BCUT2D eigenvalue weighted by Gasteiger charge is -2.34. The van der Waals surface area contributed by atoms with Gasteiger partial charge < -0.3 is 0 Å². The van der Waals surface area contributed by atoms with E-state index in [2.05, 4.69) is 18.2 Å². The lowest BCUT2D eigenvalue weighted by atomic mass is 9.86. The van der Waals surface area contributed by atoms with Crippen molar-refractivity contribution in [3.63, 3.8) is 0 Å². The first-order valence-corrected chi connectivity index (χ1v) is 10.6. The second-order valence-corrected chi connectivity index (χ2v) is 9.16. The number of benzene rings is 4. The third-order valence-electron chi connectivity index (χ3n) is 5.49.